The van der Waals surface area contributed by atoms with Gasteiger partial charge in [0.2, 0.25) is 5.03 Å². The van der Waals surface area contributed by atoms with Gasteiger partial charge in [0.05, 0.1) is 6.54 Å². The number of nitrogens with zero attached hydrogens (tertiary/aromatic N) is 4. The van der Waals surface area contributed by atoms with Gasteiger partial charge in [-0.15, -0.1) is 16.4 Å². The van der Waals surface area contributed by atoms with E-state index >= 15 is 0 Å². The quantitative estimate of drug-likeness (QED) is 0.880. The van der Waals surface area contributed by atoms with E-state index in [1.54, 1.807) is 6.20 Å². The lowest BCUT2D eigenvalue weighted by atomic mass is 10.6. The standard InChI is InChI=1S/C8H10BrN5O2S2/c1-5-3-10-6(17-5)4-11-18(15,16)8-7(9)12-13-14(8)2/h3,11H,4H2,1-2H3. The zero-order valence-electron chi connectivity index (χ0n) is 9.58. The van der Waals surface area contributed by atoms with Crippen molar-refractivity contribution in [1.29, 1.82) is 0 Å². The lowest BCUT2D eigenvalue weighted by Crippen LogP contribution is -2.25. The second kappa shape index (κ2) is 5.03. The summed E-state index contributed by atoms with van der Waals surface area (Å²) in [7, 11) is -2.15. The molecule has 0 amide bonds. The van der Waals surface area contributed by atoms with Gasteiger partial charge in [0.25, 0.3) is 10.0 Å². The van der Waals surface area contributed by atoms with Crippen LogP contribution in [0, 0.1) is 6.92 Å². The third-order valence-electron chi connectivity index (χ3n) is 2.07. The summed E-state index contributed by atoms with van der Waals surface area (Å²) in [5, 5.41) is 7.97. The molecule has 2 heterocycles. The number of nitrogens with one attached hydrogen (secondary N) is 1. The zero-order chi connectivity index (χ0) is 13.3. The van der Waals surface area contributed by atoms with Gasteiger partial charge in [-0.25, -0.2) is 22.8 Å². The highest BCUT2D eigenvalue weighted by Gasteiger charge is 2.23. The van der Waals surface area contributed by atoms with Crippen molar-refractivity contribution < 1.29 is 8.42 Å². The van der Waals surface area contributed by atoms with Crippen molar-refractivity contribution in [3.8, 4) is 0 Å². The summed E-state index contributed by atoms with van der Waals surface area (Å²) < 4.78 is 27.9. The molecule has 2 aromatic heterocycles. The van der Waals surface area contributed by atoms with Crippen molar-refractivity contribution in [2.24, 2.45) is 7.05 Å². The fraction of sp³-hybridized carbons (Fsp3) is 0.375. The van der Waals surface area contributed by atoms with Gasteiger partial charge < -0.3 is 0 Å². The Balaban J connectivity index is 2.18. The zero-order valence-corrected chi connectivity index (χ0v) is 12.8. The van der Waals surface area contributed by atoms with E-state index in [0.717, 1.165) is 4.88 Å². The van der Waals surface area contributed by atoms with Crippen molar-refractivity contribution in [2.75, 3.05) is 0 Å². The number of aryl methyl sites for hydroxylation is 2. The van der Waals surface area contributed by atoms with Crippen molar-refractivity contribution in [2.45, 2.75) is 18.5 Å². The van der Waals surface area contributed by atoms with Crippen molar-refractivity contribution >= 4 is 37.3 Å². The number of rotatable bonds is 4. The van der Waals surface area contributed by atoms with Crippen LogP contribution in [0.5, 0.6) is 0 Å². The average molecular weight is 352 g/mol. The molecule has 0 unspecified atom stereocenters. The molecule has 18 heavy (non-hydrogen) atoms. The Bertz CT molecular complexity index is 643. The van der Waals surface area contributed by atoms with Gasteiger partial charge in [0.15, 0.2) is 4.60 Å². The van der Waals surface area contributed by atoms with Crippen LogP contribution in [0.2, 0.25) is 0 Å². The van der Waals surface area contributed by atoms with Gasteiger partial charge in [-0.3, -0.25) is 0 Å². The molecule has 7 nitrogen and oxygen atoms in total. The normalized spacial score (nSPS) is 11.9. The van der Waals surface area contributed by atoms with E-state index in [1.165, 1.54) is 23.1 Å². The van der Waals surface area contributed by atoms with Crippen LogP contribution in [0.1, 0.15) is 9.88 Å². The van der Waals surface area contributed by atoms with Crippen LogP contribution in [0.25, 0.3) is 0 Å². The third kappa shape index (κ3) is 2.76. The van der Waals surface area contributed by atoms with E-state index < -0.39 is 10.0 Å². The van der Waals surface area contributed by atoms with Gasteiger partial charge in [-0.1, -0.05) is 5.21 Å². The fourth-order valence-corrected chi connectivity index (χ4v) is 4.21. The molecule has 10 heteroatoms. The highest BCUT2D eigenvalue weighted by atomic mass is 79.9. The molecule has 0 aliphatic carbocycles. The van der Waals surface area contributed by atoms with Crippen LogP contribution in [-0.4, -0.2) is 28.4 Å². The fourth-order valence-electron chi connectivity index (χ4n) is 1.32. The summed E-state index contributed by atoms with van der Waals surface area (Å²) in [5.41, 5.74) is 0. The van der Waals surface area contributed by atoms with E-state index in [0.29, 0.717) is 5.01 Å². The second-order valence-electron chi connectivity index (χ2n) is 3.50. The lowest BCUT2D eigenvalue weighted by molar-refractivity contribution is 0.560. The summed E-state index contributed by atoms with van der Waals surface area (Å²) in [5.74, 6) is 0. The lowest BCUT2D eigenvalue weighted by Gasteiger charge is -2.04. The van der Waals surface area contributed by atoms with E-state index in [9.17, 15) is 8.42 Å². The van der Waals surface area contributed by atoms with Crippen LogP contribution < -0.4 is 4.72 Å². The molecule has 0 saturated carbocycles. The highest BCUT2D eigenvalue weighted by Crippen LogP contribution is 2.18. The molecule has 0 fully saturated rings. The van der Waals surface area contributed by atoms with E-state index in [-0.39, 0.29) is 16.2 Å². The van der Waals surface area contributed by atoms with Gasteiger partial charge in [-0.05, 0) is 22.9 Å². The predicted molar refractivity (Wildman–Crippen MR) is 69.6 cm³/mol. The Kier molecular flexibility index (Phi) is 3.80. The minimum absolute atomic E-state index is 0.00391. The summed E-state index contributed by atoms with van der Waals surface area (Å²) in [6, 6.07) is 0. The van der Waals surface area contributed by atoms with Crippen LogP contribution >= 0.6 is 27.3 Å². The van der Waals surface area contributed by atoms with E-state index in [1.807, 2.05) is 6.92 Å². The Hall–Kier alpha value is -0.840. The van der Waals surface area contributed by atoms with E-state index in [2.05, 4.69) is 35.9 Å². The predicted octanol–water partition coefficient (Wildman–Crippen LogP) is 0.821. The minimum Gasteiger partial charge on any atom is -0.248 e. The monoisotopic (exact) mass is 351 g/mol. The smallest absolute Gasteiger partial charge is 0.248 e. The molecule has 0 aromatic carbocycles. The summed E-state index contributed by atoms with van der Waals surface area (Å²) in [6.07, 6.45) is 1.70. The maximum Gasteiger partial charge on any atom is 0.260 e. The highest BCUT2D eigenvalue weighted by molar-refractivity contribution is 9.10. The molecular formula is C8H10BrN5O2S2. The molecule has 0 atom stereocenters. The first-order valence-electron chi connectivity index (χ1n) is 4.86. The molecule has 0 spiro atoms. The molecule has 0 bridgehead atoms. The maximum absolute atomic E-state index is 12.0. The average Bonchev–Trinajstić information content (AvgIpc) is 2.83. The number of halogens is 1. The van der Waals surface area contributed by atoms with Crippen LogP contribution in [0.3, 0.4) is 0 Å². The molecular weight excluding hydrogens is 342 g/mol. The largest absolute Gasteiger partial charge is 0.260 e. The molecule has 0 saturated heterocycles. The summed E-state index contributed by atoms with van der Waals surface area (Å²) in [6.45, 7) is 2.07. The molecule has 0 aliphatic rings. The number of hydrogen-bond acceptors (Lipinski definition) is 6. The maximum atomic E-state index is 12.0. The van der Waals surface area contributed by atoms with Crippen LogP contribution in [-0.2, 0) is 23.6 Å². The Labute approximate surface area is 116 Å². The number of hydrogen-bond donors (Lipinski definition) is 1. The molecule has 0 radical (unpaired) electrons. The Morgan fingerprint density at radius 2 is 2.28 bits per heavy atom. The number of aromatic nitrogens is 4. The number of sulfonamides is 1. The SMILES string of the molecule is Cc1cnc(CNS(=O)(=O)c2c(Br)nnn2C)s1. The number of thiazole rings is 1. The molecule has 0 aliphatic heterocycles. The Morgan fingerprint density at radius 3 is 2.78 bits per heavy atom. The van der Waals surface area contributed by atoms with Crippen molar-refractivity contribution in [1.82, 2.24) is 24.7 Å². The van der Waals surface area contributed by atoms with E-state index in [4.69, 9.17) is 0 Å². The topological polar surface area (TPSA) is 89.8 Å². The van der Waals surface area contributed by atoms with Crippen LogP contribution in [0.4, 0.5) is 0 Å². The third-order valence-corrected chi connectivity index (χ3v) is 5.27. The minimum atomic E-state index is -3.66. The van der Waals surface area contributed by atoms with Gasteiger partial charge in [0.1, 0.15) is 5.01 Å². The van der Waals surface area contributed by atoms with Gasteiger partial charge in [-0.2, -0.15) is 0 Å². The van der Waals surface area contributed by atoms with Crippen molar-refractivity contribution in [3.63, 3.8) is 0 Å². The van der Waals surface area contributed by atoms with Gasteiger partial charge in [0, 0.05) is 18.1 Å². The summed E-state index contributed by atoms with van der Waals surface area (Å²) >= 11 is 4.50. The molecule has 1 N–H and O–H groups in total. The molecule has 2 rings (SSSR count). The van der Waals surface area contributed by atoms with Crippen molar-refractivity contribution in [3.05, 3.63) is 20.7 Å². The van der Waals surface area contributed by atoms with Gasteiger partial charge >= 0.3 is 0 Å². The van der Waals surface area contributed by atoms with Crippen LogP contribution in [0.15, 0.2) is 15.8 Å². The molecule has 2 aromatic rings. The second-order valence-corrected chi connectivity index (χ2v) is 7.25. The first-order valence-corrected chi connectivity index (χ1v) is 7.95. The Morgan fingerprint density at radius 1 is 1.56 bits per heavy atom. The molecule has 98 valence electrons. The first-order chi connectivity index (χ1) is 8.40. The first kappa shape index (κ1) is 13.6. The summed E-state index contributed by atoms with van der Waals surface area (Å²) in [4.78, 5) is 5.12.